The van der Waals surface area contributed by atoms with Crippen molar-refractivity contribution in [2.45, 2.75) is 5.92 Å². The molecule has 2 aromatic heterocycles. The summed E-state index contributed by atoms with van der Waals surface area (Å²) in [7, 11) is 0. The molecule has 0 atom stereocenters. The van der Waals surface area contributed by atoms with E-state index in [0.717, 1.165) is 66.1 Å². The number of hydrogen-bond acceptors (Lipinski definition) is 2. The first-order chi connectivity index (χ1) is 34.2. The van der Waals surface area contributed by atoms with Crippen molar-refractivity contribution in [2.24, 2.45) is 0 Å². The summed E-state index contributed by atoms with van der Waals surface area (Å²) in [6, 6.07) is 93.9. The van der Waals surface area contributed by atoms with Crippen LogP contribution in [0.3, 0.4) is 0 Å². The molecule has 2 heteroatoms. The summed E-state index contributed by atoms with van der Waals surface area (Å²) in [5.74, 6) is 0.0287. The summed E-state index contributed by atoms with van der Waals surface area (Å²) >= 11 is 0. The van der Waals surface area contributed by atoms with Crippen LogP contribution in [0, 0.1) is 0 Å². The normalized spacial score (nSPS) is 11.6. The molecule has 0 spiro atoms. The Morgan fingerprint density at radius 2 is 0.478 bits per heavy atom. The highest BCUT2D eigenvalue weighted by molar-refractivity contribution is 6.10. The highest BCUT2D eigenvalue weighted by atomic mass is 16.3. The van der Waals surface area contributed by atoms with Crippen LogP contribution in [0.4, 0.5) is 0 Å². The van der Waals surface area contributed by atoms with Crippen molar-refractivity contribution < 1.29 is 8.83 Å². The van der Waals surface area contributed by atoms with Crippen LogP contribution in [0.5, 0.6) is 0 Å². The number of hydrogen-bond donors (Lipinski definition) is 0. The molecule has 0 amide bonds. The fourth-order valence-electron chi connectivity index (χ4n) is 10.3. The maximum atomic E-state index is 6.38. The van der Waals surface area contributed by atoms with Gasteiger partial charge in [0.2, 0.25) is 0 Å². The minimum atomic E-state index is 0.0287. The zero-order valence-corrected chi connectivity index (χ0v) is 37.7. The Hall–Kier alpha value is -8.98. The molecule has 13 aromatic rings. The lowest BCUT2D eigenvalue weighted by molar-refractivity contribution is 0.669. The molecular formula is C67H44O2. The highest BCUT2D eigenvalue weighted by Gasteiger charge is 2.19. The van der Waals surface area contributed by atoms with Crippen LogP contribution in [0.15, 0.2) is 270 Å². The molecule has 0 aliphatic rings. The van der Waals surface area contributed by atoms with Gasteiger partial charge in [0.05, 0.1) is 0 Å². The Balaban J connectivity index is 0.807. The van der Waals surface area contributed by atoms with Gasteiger partial charge in [0.15, 0.2) is 0 Å². The van der Waals surface area contributed by atoms with Crippen molar-refractivity contribution in [2.75, 3.05) is 0 Å². The van der Waals surface area contributed by atoms with Gasteiger partial charge in [-0.1, -0.05) is 249 Å². The first-order valence-electron chi connectivity index (χ1n) is 23.7. The van der Waals surface area contributed by atoms with E-state index >= 15 is 0 Å². The van der Waals surface area contributed by atoms with Gasteiger partial charge >= 0.3 is 0 Å². The van der Waals surface area contributed by atoms with E-state index in [-0.39, 0.29) is 5.92 Å². The third kappa shape index (κ3) is 7.40. The molecule has 0 bridgehead atoms. The molecule has 13 rings (SSSR count). The second-order valence-electron chi connectivity index (χ2n) is 18.0. The predicted octanol–water partition coefficient (Wildman–Crippen LogP) is 18.7. The lowest BCUT2D eigenvalue weighted by atomic mass is 9.83. The monoisotopic (exact) mass is 880 g/mol. The van der Waals surface area contributed by atoms with Crippen molar-refractivity contribution in [3.63, 3.8) is 0 Å². The van der Waals surface area contributed by atoms with Crippen molar-refractivity contribution in [3.05, 3.63) is 278 Å². The number of fused-ring (bicyclic) bond motifs is 6. The van der Waals surface area contributed by atoms with Gasteiger partial charge in [-0.3, -0.25) is 0 Å². The Labute approximate surface area is 401 Å². The molecule has 2 nitrogen and oxygen atoms in total. The fourth-order valence-corrected chi connectivity index (χ4v) is 10.3. The van der Waals surface area contributed by atoms with Crippen molar-refractivity contribution in [1.82, 2.24) is 0 Å². The average molecular weight is 881 g/mol. The van der Waals surface area contributed by atoms with Crippen molar-refractivity contribution >= 4 is 43.9 Å². The predicted molar refractivity (Wildman–Crippen MR) is 287 cm³/mol. The minimum absolute atomic E-state index is 0.0287. The summed E-state index contributed by atoms with van der Waals surface area (Å²) in [6.45, 7) is 0. The third-order valence-electron chi connectivity index (χ3n) is 13.9. The van der Waals surface area contributed by atoms with E-state index in [0.29, 0.717) is 0 Å². The first-order valence-corrected chi connectivity index (χ1v) is 23.7. The molecule has 11 aromatic carbocycles. The van der Waals surface area contributed by atoms with Gasteiger partial charge in [-0.25, -0.2) is 0 Å². The van der Waals surface area contributed by atoms with Crippen LogP contribution in [0.25, 0.3) is 111 Å². The Morgan fingerprint density at radius 3 is 0.841 bits per heavy atom. The lowest BCUT2D eigenvalue weighted by Gasteiger charge is -2.20. The standard InChI is InChI=1S/C67H44O2/c1-2-10-44(11-3-1)45-20-22-46(23-21-45)49-28-38-54(39-29-49)65(55-40-30-50(31-41-55)47-24-34-52(35-25-47)57-14-8-16-61-59-12-4-6-18-63(59)68-66(57)61)56-42-32-51(33-43-56)48-26-36-53(37-27-48)58-15-9-17-62-60-13-5-7-19-64(60)69-67(58)62/h1-43,65H. The van der Waals surface area contributed by atoms with E-state index < -0.39 is 0 Å². The highest BCUT2D eigenvalue weighted by Crippen LogP contribution is 2.40. The molecule has 2 heterocycles. The van der Waals surface area contributed by atoms with Gasteiger partial charge in [0.25, 0.3) is 0 Å². The summed E-state index contributed by atoms with van der Waals surface area (Å²) in [6.07, 6.45) is 0. The molecule has 324 valence electrons. The molecule has 69 heavy (non-hydrogen) atoms. The molecule has 0 unspecified atom stereocenters. The molecule has 0 aliphatic heterocycles. The number of furan rings is 2. The Kier molecular flexibility index (Phi) is 9.95. The van der Waals surface area contributed by atoms with Gasteiger partial charge in [-0.05, 0) is 84.5 Å². The SMILES string of the molecule is c1ccc(-c2ccc(-c3ccc(C(c4ccc(-c5ccc(-c6cccc7c6oc6ccccc67)cc5)cc4)c4ccc(-c5ccc(-c6cccc7c6oc6ccccc67)cc5)cc4)cc3)cc2)cc1. The summed E-state index contributed by atoms with van der Waals surface area (Å²) in [4.78, 5) is 0. The second-order valence-corrected chi connectivity index (χ2v) is 18.0. The van der Waals surface area contributed by atoms with Crippen LogP contribution in [0.1, 0.15) is 22.6 Å². The number of rotatable bonds is 9. The van der Waals surface area contributed by atoms with E-state index in [1.807, 2.05) is 24.3 Å². The van der Waals surface area contributed by atoms with Gasteiger partial charge in [0.1, 0.15) is 22.3 Å². The average Bonchev–Trinajstić information content (AvgIpc) is 4.01. The molecule has 0 aliphatic carbocycles. The van der Waals surface area contributed by atoms with Gasteiger partial charge < -0.3 is 8.83 Å². The number of para-hydroxylation sites is 4. The van der Waals surface area contributed by atoms with Crippen LogP contribution < -0.4 is 0 Å². The minimum Gasteiger partial charge on any atom is -0.455 e. The molecule has 0 N–H and O–H groups in total. The maximum Gasteiger partial charge on any atom is 0.143 e. The lowest BCUT2D eigenvalue weighted by Crippen LogP contribution is -2.03. The topological polar surface area (TPSA) is 26.3 Å². The molecule has 0 radical (unpaired) electrons. The van der Waals surface area contributed by atoms with Gasteiger partial charge in [0, 0.05) is 38.6 Å². The second kappa shape index (κ2) is 17.0. The van der Waals surface area contributed by atoms with Crippen molar-refractivity contribution in [1.29, 1.82) is 0 Å². The molecule has 0 fully saturated rings. The van der Waals surface area contributed by atoms with E-state index in [2.05, 4.69) is 237 Å². The molecular weight excluding hydrogens is 837 g/mol. The van der Waals surface area contributed by atoms with Crippen molar-refractivity contribution in [3.8, 4) is 66.8 Å². The van der Waals surface area contributed by atoms with Gasteiger partial charge in [-0.15, -0.1) is 0 Å². The van der Waals surface area contributed by atoms with E-state index in [4.69, 9.17) is 8.83 Å². The smallest absolute Gasteiger partial charge is 0.143 e. The van der Waals surface area contributed by atoms with E-state index in [1.165, 1.54) is 61.2 Å². The zero-order chi connectivity index (χ0) is 45.7. The van der Waals surface area contributed by atoms with Gasteiger partial charge in [-0.2, -0.15) is 0 Å². The van der Waals surface area contributed by atoms with E-state index in [1.54, 1.807) is 0 Å². The largest absolute Gasteiger partial charge is 0.455 e. The van der Waals surface area contributed by atoms with Crippen LogP contribution in [0.2, 0.25) is 0 Å². The zero-order valence-electron chi connectivity index (χ0n) is 37.7. The van der Waals surface area contributed by atoms with E-state index in [9.17, 15) is 0 Å². The quantitative estimate of drug-likeness (QED) is 0.135. The maximum absolute atomic E-state index is 6.38. The van der Waals surface area contributed by atoms with Crippen LogP contribution in [-0.2, 0) is 0 Å². The first kappa shape index (κ1) is 40.3. The van der Waals surface area contributed by atoms with Crippen LogP contribution in [-0.4, -0.2) is 0 Å². The third-order valence-corrected chi connectivity index (χ3v) is 13.9. The fraction of sp³-hybridized carbons (Fsp3) is 0.0149. The van der Waals surface area contributed by atoms with Crippen LogP contribution >= 0.6 is 0 Å². The Bertz CT molecular complexity index is 3730. The molecule has 0 saturated carbocycles. The molecule has 0 saturated heterocycles. The Morgan fingerprint density at radius 1 is 0.203 bits per heavy atom. The summed E-state index contributed by atoms with van der Waals surface area (Å²) in [5.41, 5.74) is 21.4. The summed E-state index contributed by atoms with van der Waals surface area (Å²) < 4.78 is 12.8. The summed E-state index contributed by atoms with van der Waals surface area (Å²) in [5, 5.41) is 4.57. The number of benzene rings is 11.